The first-order valence-electron chi connectivity index (χ1n) is 5.83. The lowest BCUT2D eigenvalue weighted by Crippen LogP contribution is -2.44. The van der Waals surface area contributed by atoms with Crippen molar-refractivity contribution < 1.29 is 19.4 Å². The summed E-state index contributed by atoms with van der Waals surface area (Å²) in [6, 6.07) is 6.14. The van der Waals surface area contributed by atoms with Gasteiger partial charge in [0.15, 0.2) is 6.04 Å². The van der Waals surface area contributed by atoms with Crippen LogP contribution < -0.4 is 5.32 Å². The van der Waals surface area contributed by atoms with E-state index in [1.165, 1.54) is 7.11 Å². The van der Waals surface area contributed by atoms with Crippen LogP contribution in [0.4, 0.5) is 0 Å². The van der Waals surface area contributed by atoms with Crippen molar-refractivity contribution in [3.05, 3.63) is 34.4 Å². The highest BCUT2D eigenvalue weighted by atomic mass is 79.9. The Morgan fingerprint density at radius 3 is 2.85 bits per heavy atom. The number of aromatic amines is 1. The molecule has 0 saturated heterocycles. The number of aliphatic hydroxyl groups is 1. The molecule has 2 aromatic rings. The van der Waals surface area contributed by atoms with Gasteiger partial charge in [0, 0.05) is 15.4 Å². The minimum absolute atomic E-state index is 0.306. The Morgan fingerprint density at radius 1 is 1.45 bits per heavy atom. The molecule has 1 amide bonds. The highest BCUT2D eigenvalue weighted by molar-refractivity contribution is 9.10. The van der Waals surface area contributed by atoms with E-state index in [0.717, 1.165) is 15.4 Å². The fraction of sp³-hybridized carbons (Fsp3) is 0.231. The molecule has 2 rings (SSSR count). The number of benzene rings is 1. The molecule has 1 heterocycles. The number of amides is 1. The van der Waals surface area contributed by atoms with Gasteiger partial charge in [-0.1, -0.05) is 15.9 Å². The van der Waals surface area contributed by atoms with Gasteiger partial charge in [0.25, 0.3) is 5.91 Å². The zero-order valence-corrected chi connectivity index (χ0v) is 12.2. The Kier molecular flexibility index (Phi) is 4.41. The normalized spacial score (nSPS) is 12.2. The Labute approximate surface area is 123 Å². The van der Waals surface area contributed by atoms with E-state index in [-0.39, 0.29) is 0 Å². The van der Waals surface area contributed by atoms with E-state index in [1.807, 2.05) is 18.2 Å². The number of nitrogens with one attached hydrogen (secondary N) is 2. The van der Waals surface area contributed by atoms with Crippen LogP contribution in [-0.4, -0.2) is 41.7 Å². The third-order valence-electron chi connectivity index (χ3n) is 2.80. The molecule has 1 aromatic heterocycles. The summed E-state index contributed by atoms with van der Waals surface area (Å²) in [4.78, 5) is 26.3. The maximum atomic E-state index is 12.0. The minimum atomic E-state index is -1.08. The van der Waals surface area contributed by atoms with Gasteiger partial charge in [-0.25, -0.2) is 4.79 Å². The van der Waals surface area contributed by atoms with Crippen molar-refractivity contribution in [1.29, 1.82) is 0 Å². The largest absolute Gasteiger partial charge is 0.467 e. The van der Waals surface area contributed by atoms with Crippen LogP contribution in [0.5, 0.6) is 0 Å². The molecule has 0 unspecified atom stereocenters. The van der Waals surface area contributed by atoms with Crippen LogP contribution in [-0.2, 0) is 9.53 Å². The van der Waals surface area contributed by atoms with Gasteiger partial charge in [0.2, 0.25) is 0 Å². The van der Waals surface area contributed by atoms with E-state index in [9.17, 15) is 9.59 Å². The second kappa shape index (κ2) is 6.06. The van der Waals surface area contributed by atoms with Gasteiger partial charge < -0.3 is 20.1 Å². The molecular formula is C13H13BrN2O4. The lowest BCUT2D eigenvalue weighted by Gasteiger charge is -2.12. The quantitative estimate of drug-likeness (QED) is 0.729. The lowest BCUT2D eigenvalue weighted by atomic mass is 10.2. The van der Waals surface area contributed by atoms with Gasteiger partial charge in [-0.15, -0.1) is 0 Å². The number of hydrogen-bond donors (Lipinski definition) is 3. The summed E-state index contributed by atoms with van der Waals surface area (Å²) in [5.41, 5.74) is 1.11. The number of fused-ring (bicyclic) bond motifs is 1. The van der Waals surface area contributed by atoms with Crippen molar-refractivity contribution in [1.82, 2.24) is 10.3 Å². The second-order valence-corrected chi connectivity index (χ2v) is 5.06. The molecule has 20 heavy (non-hydrogen) atoms. The molecular weight excluding hydrogens is 328 g/mol. The Hall–Kier alpha value is -1.86. The smallest absolute Gasteiger partial charge is 0.330 e. The maximum absolute atomic E-state index is 12.0. The molecule has 1 atom stereocenters. The summed E-state index contributed by atoms with van der Waals surface area (Å²) in [7, 11) is 1.19. The molecule has 0 aliphatic rings. The molecule has 1 aromatic carbocycles. The summed E-state index contributed by atoms with van der Waals surface area (Å²) in [5, 5.41) is 12.3. The first kappa shape index (κ1) is 14.5. The monoisotopic (exact) mass is 340 g/mol. The molecule has 0 radical (unpaired) electrons. The molecule has 3 N–H and O–H groups in total. The van der Waals surface area contributed by atoms with Crippen molar-refractivity contribution in [2.45, 2.75) is 6.04 Å². The Bertz CT molecular complexity index is 653. The van der Waals surface area contributed by atoms with Crippen LogP contribution in [0.3, 0.4) is 0 Å². The van der Waals surface area contributed by atoms with Crippen LogP contribution in [0.2, 0.25) is 0 Å². The number of ether oxygens (including phenoxy) is 1. The fourth-order valence-corrected chi connectivity index (χ4v) is 2.16. The van der Waals surface area contributed by atoms with Crippen molar-refractivity contribution in [2.24, 2.45) is 0 Å². The molecule has 0 fully saturated rings. The van der Waals surface area contributed by atoms with Gasteiger partial charge in [-0.05, 0) is 24.3 Å². The fourth-order valence-electron chi connectivity index (χ4n) is 1.78. The molecule has 0 spiro atoms. The van der Waals surface area contributed by atoms with Crippen LogP contribution in [0.1, 0.15) is 10.5 Å². The third-order valence-corrected chi connectivity index (χ3v) is 3.29. The number of hydrogen-bond acceptors (Lipinski definition) is 4. The van der Waals surface area contributed by atoms with E-state index in [4.69, 9.17) is 5.11 Å². The number of carbonyl (C=O) groups is 2. The van der Waals surface area contributed by atoms with E-state index in [1.54, 1.807) is 6.07 Å². The van der Waals surface area contributed by atoms with E-state index in [2.05, 4.69) is 31.0 Å². The molecule has 0 saturated carbocycles. The van der Waals surface area contributed by atoms with Crippen molar-refractivity contribution in [2.75, 3.05) is 13.7 Å². The van der Waals surface area contributed by atoms with Crippen LogP contribution in [0, 0.1) is 0 Å². The predicted molar refractivity (Wildman–Crippen MR) is 76.4 cm³/mol. The highest BCUT2D eigenvalue weighted by Gasteiger charge is 2.21. The van der Waals surface area contributed by atoms with Crippen molar-refractivity contribution in [3.63, 3.8) is 0 Å². The van der Waals surface area contributed by atoms with Crippen LogP contribution >= 0.6 is 15.9 Å². The first-order chi connectivity index (χ1) is 9.55. The van der Waals surface area contributed by atoms with E-state index < -0.39 is 24.5 Å². The number of rotatable bonds is 4. The van der Waals surface area contributed by atoms with Crippen molar-refractivity contribution in [3.8, 4) is 0 Å². The van der Waals surface area contributed by atoms with Gasteiger partial charge >= 0.3 is 5.97 Å². The van der Waals surface area contributed by atoms with Gasteiger partial charge in [0.1, 0.15) is 5.69 Å². The van der Waals surface area contributed by atoms with Gasteiger partial charge in [0.05, 0.1) is 13.7 Å². The summed E-state index contributed by atoms with van der Waals surface area (Å²) in [5.74, 6) is -1.18. The topological polar surface area (TPSA) is 91.4 Å². The molecule has 6 nitrogen and oxygen atoms in total. The predicted octanol–water partition coefficient (Wildman–Crippen LogP) is 1.19. The summed E-state index contributed by atoms with van der Waals surface area (Å²) in [6.07, 6.45) is 0. The van der Waals surface area contributed by atoms with Gasteiger partial charge in [-0.3, -0.25) is 4.79 Å². The molecule has 7 heteroatoms. The van der Waals surface area contributed by atoms with E-state index in [0.29, 0.717) is 5.69 Å². The van der Waals surface area contributed by atoms with E-state index >= 15 is 0 Å². The second-order valence-electron chi connectivity index (χ2n) is 4.15. The highest BCUT2D eigenvalue weighted by Crippen LogP contribution is 2.20. The zero-order valence-electron chi connectivity index (χ0n) is 10.6. The molecule has 0 aliphatic carbocycles. The number of aromatic nitrogens is 1. The number of methoxy groups -OCH3 is 1. The zero-order chi connectivity index (χ0) is 14.7. The van der Waals surface area contributed by atoms with Gasteiger partial charge in [-0.2, -0.15) is 0 Å². The average Bonchev–Trinajstić information content (AvgIpc) is 2.86. The Balaban J connectivity index is 2.20. The minimum Gasteiger partial charge on any atom is -0.467 e. The number of carbonyl (C=O) groups excluding carboxylic acids is 2. The summed E-state index contributed by atoms with van der Waals surface area (Å²) >= 11 is 3.35. The maximum Gasteiger partial charge on any atom is 0.330 e. The number of esters is 1. The average molecular weight is 341 g/mol. The standard InChI is InChI=1S/C13H13BrN2O4/c1-20-13(19)11(6-17)16-12(18)10-5-7-4-8(14)2-3-9(7)15-10/h2-5,11,15,17H,6H2,1H3,(H,16,18)/t11-/m0/s1. The molecule has 0 aliphatic heterocycles. The number of aliphatic hydroxyl groups excluding tert-OH is 1. The number of H-pyrrole nitrogens is 1. The lowest BCUT2D eigenvalue weighted by molar-refractivity contribution is -0.143. The third kappa shape index (κ3) is 3.00. The van der Waals surface area contributed by atoms with Crippen LogP contribution in [0.25, 0.3) is 10.9 Å². The number of halogens is 1. The SMILES string of the molecule is COC(=O)[C@H](CO)NC(=O)c1cc2cc(Br)ccc2[nH]1. The molecule has 106 valence electrons. The Morgan fingerprint density at radius 2 is 2.20 bits per heavy atom. The van der Waals surface area contributed by atoms with Crippen molar-refractivity contribution >= 4 is 38.7 Å². The summed E-state index contributed by atoms with van der Waals surface area (Å²) < 4.78 is 5.39. The van der Waals surface area contributed by atoms with Crippen LogP contribution in [0.15, 0.2) is 28.7 Å². The first-order valence-corrected chi connectivity index (χ1v) is 6.62. The molecule has 0 bridgehead atoms. The summed E-state index contributed by atoms with van der Waals surface area (Å²) in [6.45, 7) is -0.524.